The molecule has 7 heteroatoms. The molecule has 0 aliphatic carbocycles. The molecule has 0 N–H and O–H groups in total. The molecule has 0 atom stereocenters. The van der Waals surface area contributed by atoms with Gasteiger partial charge in [0.1, 0.15) is 0 Å². The van der Waals surface area contributed by atoms with Crippen molar-refractivity contribution >= 4 is 6.61 Å². The summed E-state index contributed by atoms with van der Waals surface area (Å²) in [6, 6.07) is 0. The Morgan fingerprint density at radius 3 is 2.47 bits per heavy atom. The molecule has 0 aromatic carbocycles. The Hall–Kier alpha value is -1.46. The van der Waals surface area contributed by atoms with Crippen LogP contribution in [0.25, 0.3) is 0 Å². The SMILES string of the molecule is CCO[C](=[Cf][N]1CCOCC1)C(F)(F)F. The second-order valence-electron chi connectivity index (χ2n) is 2.73. The van der Waals surface area contributed by atoms with Gasteiger partial charge in [0.25, 0.3) is 0 Å². The molecule has 3 nitrogen and oxygen atoms in total. The standard InChI is InChI=1S/C4H5F3O.C4H8NO.Cf/c1-2-8-3-4(5,6)7;1-3-6-4-2-5-1;/h2H2,1H3;1-4H2;/q;-1;+1. The normalized spacial score (nSPS) is 20.1. The Kier molecular flexibility index (Phi) is 3.76. The molecule has 1 aliphatic heterocycles. The zero-order valence-corrected chi connectivity index (χ0v) is 10.9. The molecule has 0 bridgehead atoms. The van der Waals surface area contributed by atoms with Crippen molar-refractivity contribution in [3.63, 3.8) is 0 Å². The van der Waals surface area contributed by atoms with Gasteiger partial charge >= 0.3 is 80.6 Å². The summed E-state index contributed by atoms with van der Waals surface area (Å²) in [6.45, 7) is 3.20. The maximum atomic E-state index is 12.5. The predicted octanol–water partition coefficient (Wildman–Crippen LogP) is 1.05. The van der Waals surface area contributed by atoms with Gasteiger partial charge in [-0.25, -0.2) is 0 Å². The fourth-order valence-electron chi connectivity index (χ4n) is 0.951. The van der Waals surface area contributed by atoms with Crippen LogP contribution in [0.4, 0.5) is 13.2 Å². The van der Waals surface area contributed by atoms with Crippen LogP contribution in [0.15, 0.2) is 0 Å². The second kappa shape index (κ2) is 4.86. The Labute approximate surface area is 81.6 Å². The van der Waals surface area contributed by atoms with Crippen LogP contribution in [0.2, 0.25) is 0 Å². The molecule has 0 aromatic heterocycles. The first-order valence-corrected chi connectivity index (χ1v) is 7.02. The number of rotatable bonds is 3. The molecule has 0 unspecified atom stereocenters. The number of alkyl halides is 3. The summed E-state index contributed by atoms with van der Waals surface area (Å²) in [7, 11) is 0. The maximum absolute atomic E-state index is 12.5. The molecule has 0 aromatic rings. The van der Waals surface area contributed by atoms with Crippen LogP contribution in [-0.2, 0) is 9.47 Å². The monoisotopic (exact) mass is 461 g/mol. The van der Waals surface area contributed by atoms with E-state index in [1.165, 1.54) is 0 Å². The van der Waals surface area contributed by atoms with E-state index in [1.807, 2.05) is 5.32 Å². The minimum atomic E-state index is -4.30. The van der Waals surface area contributed by atoms with Crippen molar-refractivity contribution in [2.24, 2.45) is 0 Å². The fraction of sp³-hybridized carbons (Fsp3) is 0.875. The molecule has 1 fully saturated rings. The third kappa shape index (κ3) is 3.65. The van der Waals surface area contributed by atoms with Crippen molar-refractivity contribution < 1.29 is 22.6 Å². The average Bonchev–Trinajstić information content (AvgIpc) is 2.17. The van der Waals surface area contributed by atoms with Crippen LogP contribution in [0.3, 0.4) is 0 Å². The van der Waals surface area contributed by atoms with Gasteiger partial charge in [-0.15, -0.1) is 0 Å². The molecule has 1 saturated heterocycles. The molecule has 1 aliphatic rings. The topological polar surface area (TPSA) is 21.7 Å². The van der Waals surface area contributed by atoms with Gasteiger partial charge in [-0.05, 0) is 0 Å². The van der Waals surface area contributed by atoms with Crippen molar-refractivity contribution in [2.75, 3.05) is 32.9 Å². The number of nitrogens with zero attached hydrogens (tertiary/aromatic N) is 1. The summed E-state index contributed by atoms with van der Waals surface area (Å²) < 4.78 is 45.6. The van der Waals surface area contributed by atoms with Crippen molar-refractivity contribution in [3.8, 4) is 0 Å². The zero-order chi connectivity index (χ0) is 11.3. The van der Waals surface area contributed by atoms with Gasteiger partial charge in [0, 0.05) is 0 Å². The Morgan fingerprint density at radius 2 is 2.00 bits per heavy atom. The van der Waals surface area contributed by atoms with Crippen LogP contribution in [0, 0.1) is 0 Å². The van der Waals surface area contributed by atoms with Crippen molar-refractivity contribution in [1.82, 2.24) is 5.32 Å². The van der Waals surface area contributed by atoms with Gasteiger partial charge < -0.3 is 0 Å². The first kappa shape index (κ1) is 11.6. The minimum absolute atomic E-state index is 0.0778. The van der Waals surface area contributed by atoms with Gasteiger partial charge in [0.15, 0.2) is 0 Å². The number of morpholine rings is 1. The van der Waals surface area contributed by atoms with Gasteiger partial charge in [-0.3, -0.25) is 0 Å². The zero-order valence-electron chi connectivity index (χ0n) is 8.25. The molecule has 15 heavy (non-hydrogen) atoms. The van der Waals surface area contributed by atoms with Gasteiger partial charge in [0.05, 0.1) is 0 Å². The molecular formula is C8H13CfF3NO2. The first-order chi connectivity index (χ1) is 7.04. The third-order valence-corrected chi connectivity index (χ3v) is 5.23. The van der Waals surface area contributed by atoms with Crippen LogP contribution in [0.5, 0.6) is 0 Å². The Bertz CT molecular complexity index is 226. The van der Waals surface area contributed by atoms with Gasteiger partial charge in [-0.2, -0.15) is 0 Å². The number of ether oxygens (including phenoxy) is 2. The summed E-state index contributed by atoms with van der Waals surface area (Å²) in [5, 5.41) is 1.83. The number of hydrogen-bond donors (Lipinski definition) is 0. The first-order valence-electron chi connectivity index (χ1n) is 4.53. The second-order valence-corrected chi connectivity index (χ2v) is 6.18. The molecule has 0 radical (unpaired) electrons. The Balaban J connectivity index is 2.64. The van der Waals surface area contributed by atoms with E-state index in [0.717, 1.165) is 0 Å². The van der Waals surface area contributed by atoms with E-state index < -0.39 is 12.8 Å². The van der Waals surface area contributed by atoms with E-state index in [2.05, 4.69) is 4.74 Å². The van der Waals surface area contributed by atoms with E-state index in [4.69, 9.17) is 4.74 Å². The van der Waals surface area contributed by atoms with Gasteiger partial charge in [0.2, 0.25) is 0 Å². The van der Waals surface area contributed by atoms with E-state index in [-0.39, 0.29) is 6.61 Å². The summed E-state index contributed by atoms with van der Waals surface area (Å²) in [5.74, 6) is 0. The quantitative estimate of drug-likeness (QED) is 0.625. The molecule has 0 spiro atoms. The third-order valence-electron chi connectivity index (χ3n) is 1.56. The summed E-state index contributed by atoms with van der Waals surface area (Å²) >= 11 is 0. The Morgan fingerprint density at radius 1 is 1.40 bits per heavy atom. The average molecular weight is 463 g/mol. The summed E-state index contributed by atoms with van der Waals surface area (Å²) in [5.41, 5.74) is 0. The van der Waals surface area contributed by atoms with E-state index >= 15 is 0 Å². The van der Waals surface area contributed by atoms with Gasteiger partial charge in [-0.1, -0.05) is 0 Å². The number of halogens is 3. The van der Waals surface area contributed by atoms with Crippen LogP contribution >= 0.6 is 0 Å². The number of hydrogen-bond acceptors (Lipinski definition) is 3. The van der Waals surface area contributed by atoms with E-state index in [0.29, 0.717) is 26.3 Å². The summed E-state index contributed by atoms with van der Waals surface area (Å²) in [4.78, 5) is 0. The molecule has 0 amide bonds. The van der Waals surface area contributed by atoms with Crippen LogP contribution < -0.4 is 0 Å². The van der Waals surface area contributed by atoms with Crippen LogP contribution in [-0.4, -0.2) is 51.0 Å². The van der Waals surface area contributed by atoms with E-state index in [1.54, 1.807) is 6.92 Å². The molecule has 0 saturated carbocycles. The summed E-state index contributed by atoms with van der Waals surface area (Å²) in [6.07, 6.45) is -4.30. The van der Waals surface area contributed by atoms with Crippen molar-refractivity contribution in [3.05, 3.63) is 0 Å². The predicted molar refractivity (Wildman–Crippen MR) is 45.1 cm³/mol. The molecule has 1 heterocycles. The van der Waals surface area contributed by atoms with Crippen molar-refractivity contribution in [1.29, 1.82) is 0 Å². The molecule has 93 valence electrons. The van der Waals surface area contributed by atoms with E-state index in [9.17, 15) is 13.2 Å². The van der Waals surface area contributed by atoms with Crippen molar-refractivity contribution in [2.45, 2.75) is 13.1 Å². The molecular weight excluding hydrogens is 450 g/mol. The fourth-order valence-corrected chi connectivity index (χ4v) is 3.66. The molecule has 1 rings (SSSR count). The van der Waals surface area contributed by atoms with Crippen LogP contribution in [0.1, 0.15) is 6.92 Å².